The quantitative estimate of drug-likeness (QED) is 0.932. The van der Waals surface area contributed by atoms with Crippen molar-refractivity contribution in [2.24, 2.45) is 0 Å². The standard InChI is InChI=1S/C18H20O3/c1-3-20-17-9-8-12(2)10-14(17)18(19)15-11-21-16-7-5-4-6-13(15)16/h4-10,15,18-19H,3,11H2,1-2H3. The van der Waals surface area contributed by atoms with Crippen LogP contribution in [0.25, 0.3) is 0 Å². The van der Waals surface area contributed by atoms with Gasteiger partial charge in [-0.15, -0.1) is 0 Å². The Labute approximate surface area is 125 Å². The van der Waals surface area contributed by atoms with Crippen LogP contribution in [0.4, 0.5) is 0 Å². The summed E-state index contributed by atoms with van der Waals surface area (Å²) in [5.74, 6) is 1.56. The van der Waals surface area contributed by atoms with Crippen LogP contribution in [0.5, 0.6) is 11.5 Å². The van der Waals surface area contributed by atoms with E-state index in [1.165, 1.54) is 0 Å². The number of hydrogen-bond acceptors (Lipinski definition) is 3. The maximum Gasteiger partial charge on any atom is 0.125 e. The van der Waals surface area contributed by atoms with Crippen LogP contribution >= 0.6 is 0 Å². The monoisotopic (exact) mass is 284 g/mol. The topological polar surface area (TPSA) is 38.7 Å². The molecule has 1 aliphatic heterocycles. The molecule has 2 aromatic carbocycles. The van der Waals surface area contributed by atoms with E-state index >= 15 is 0 Å². The molecule has 0 aliphatic carbocycles. The molecule has 0 aromatic heterocycles. The zero-order valence-electron chi connectivity index (χ0n) is 12.4. The van der Waals surface area contributed by atoms with Crippen molar-refractivity contribution in [3.63, 3.8) is 0 Å². The van der Waals surface area contributed by atoms with Gasteiger partial charge in [-0.2, -0.15) is 0 Å². The van der Waals surface area contributed by atoms with E-state index in [0.29, 0.717) is 13.2 Å². The summed E-state index contributed by atoms with van der Waals surface area (Å²) in [6, 6.07) is 13.8. The first kappa shape index (κ1) is 14.0. The molecule has 3 nitrogen and oxygen atoms in total. The summed E-state index contributed by atoms with van der Waals surface area (Å²) in [5.41, 5.74) is 3.01. The highest BCUT2D eigenvalue weighted by molar-refractivity contribution is 5.45. The summed E-state index contributed by atoms with van der Waals surface area (Å²) in [4.78, 5) is 0. The average molecular weight is 284 g/mol. The SMILES string of the molecule is CCOc1ccc(C)cc1C(O)C1COc2ccccc21. The van der Waals surface area contributed by atoms with Crippen molar-refractivity contribution in [3.05, 3.63) is 59.2 Å². The van der Waals surface area contributed by atoms with Crippen LogP contribution in [0.2, 0.25) is 0 Å². The third-order valence-electron chi connectivity index (χ3n) is 3.90. The van der Waals surface area contributed by atoms with Gasteiger partial charge in [-0.25, -0.2) is 0 Å². The molecule has 0 saturated carbocycles. The molecule has 0 bridgehead atoms. The van der Waals surface area contributed by atoms with Crippen LogP contribution in [0.15, 0.2) is 42.5 Å². The zero-order valence-corrected chi connectivity index (χ0v) is 12.4. The summed E-state index contributed by atoms with van der Waals surface area (Å²) in [5, 5.41) is 10.8. The van der Waals surface area contributed by atoms with Gasteiger partial charge in [-0.1, -0.05) is 29.8 Å². The summed E-state index contributed by atoms with van der Waals surface area (Å²) >= 11 is 0. The normalized spacial score (nSPS) is 18.0. The zero-order chi connectivity index (χ0) is 14.8. The molecule has 2 atom stereocenters. The lowest BCUT2D eigenvalue weighted by Crippen LogP contribution is -2.14. The molecule has 21 heavy (non-hydrogen) atoms. The Morgan fingerprint density at radius 1 is 1.29 bits per heavy atom. The van der Waals surface area contributed by atoms with E-state index in [1.54, 1.807) is 0 Å². The second-order valence-electron chi connectivity index (χ2n) is 5.37. The lowest BCUT2D eigenvalue weighted by Gasteiger charge is -2.21. The number of aliphatic hydroxyl groups excluding tert-OH is 1. The van der Waals surface area contributed by atoms with Gasteiger partial charge in [-0.3, -0.25) is 0 Å². The number of ether oxygens (including phenoxy) is 2. The molecule has 110 valence electrons. The minimum absolute atomic E-state index is 0.0535. The molecule has 1 aliphatic rings. The Kier molecular flexibility index (Phi) is 3.84. The molecule has 0 spiro atoms. The predicted molar refractivity (Wildman–Crippen MR) is 82.0 cm³/mol. The first-order valence-corrected chi connectivity index (χ1v) is 7.34. The van der Waals surface area contributed by atoms with Crippen LogP contribution in [0.3, 0.4) is 0 Å². The molecule has 3 heteroatoms. The molecular weight excluding hydrogens is 264 g/mol. The molecule has 2 aromatic rings. The number of para-hydroxylation sites is 1. The van der Waals surface area contributed by atoms with Crippen LogP contribution in [-0.2, 0) is 0 Å². The first-order chi connectivity index (χ1) is 10.2. The van der Waals surface area contributed by atoms with Crippen LogP contribution in [0, 0.1) is 6.92 Å². The number of benzene rings is 2. The molecule has 3 rings (SSSR count). The Balaban J connectivity index is 1.96. The fraction of sp³-hybridized carbons (Fsp3) is 0.333. The fourth-order valence-electron chi connectivity index (χ4n) is 2.85. The van der Waals surface area contributed by atoms with Gasteiger partial charge in [0.25, 0.3) is 0 Å². The van der Waals surface area contributed by atoms with E-state index in [2.05, 4.69) is 0 Å². The van der Waals surface area contributed by atoms with Crippen molar-refractivity contribution in [2.45, 2.75) is 25.9 Å². The number of hydrogen-bond donors (Lipinski definition) is 1. The summed E-state index contributed by atoms with van der Waals surface area (Å²) < 4.78 is 11.3. The highest BCUT2D eigenvalue weighted by Gasteiger charge is 2.32. The van der Waals surface area contributed by atoms with Crippen molar-refractivity contribution in [3.8, 4) is 11.5 Å². The van der Waals surface area contributed by atoms with Crippen molar-refractivity contribution in [1.82, 2.24) is 0 Å². The predicted octanol–water partition coefficient (Wildman–Crippen LogP) is 3.60. The number of aryl methyl sites for hydroxylation is 1. The van der Waals surface area contributed by atoms with Crippen molar-refractivity contribution >= 4 is 0 Å². The van der Waals surface area contributed by atoms with Gasteiger partial charge in [0.15, 0.2) is 0 Å². The van der Waals surface area contributed by atoms with E-state index in [4.69, 9.17) is 9.47 Å². The maximum atomic E-state index is 10.8. The Bertz CT molecular complexity index is 636. The largest absolute Gasteiger partial charge is 0.493 e. The maximum absolute atomic E-state index is 10.8. The second kappa shape index (κ2) is 5.78. The fourth-order valence-corrected chi connectivity index (χ4v) is 2.85. The molecule has 0 saturated heterocycles. The molecule has 2 unspecified atom stereocenters. The van der Waals surface area contributed by atoms with E-state index in [1.807, 2.05) is 56.3 Å². The molecule has 0 amide bonds. The van der Waals surface area contributed by atoms with E-state index in [-0.39, 0.29) is 5.92 Å². The van der Waals surface area contributed by atoms with E-state index in [9.17, 15) is 5.11 Å². The smallest absolute Gasteiger partial charge is 0.125 e. The third-order valence-corrected chi connectivity index (χ3v) is 3.90. The van der Waals surface area contributed by atoms with Crippen LogP contribution in [-0.4, -0.2) is 18.3 Å². The van der Waals surface area contributed by atoms with Gasteiger partial charge in [-0.05, 0) is 32.0 Å². The molecule has 0 radical (unpaired) electrons. The molecule has 1 N–H and O–H groups in total. The first-order valence-electron chi connectivity index (χ1n) is 7.34. The van der Waals surface area contributed by atoms with Gasteiger partial charge in [0.05, 0.1) is 25.2 Å². The molecule has 0 fully saturated rings. The third kappa shape index (κ3) is 2.61. The second-order valence-corrected chi connectivity index (χ2v) is 5.37. The van der Waals surface area contributed by atoms with Gasteiger partial charge < -0.3 is 14.6 Å². The minimum Gasteiger partial charge on any atom is -0.493 e. The van der Waals surface area contributed by atoms with Gasteiger partial charge >= 0.3 is 0 Å². The average Bonchev–Trinajstić information content (AvgIpc) is 2.92. The van der Waals surface area contributed by atoms with E-state index in [0.717, 1.165) is 28.2 Å². The highest BCUT2D eigenvalue weighted by Crippen LogP contribution is 2.43. The van der Waals surface area contributed by atoms with Gasteiger partial charge in [0.1, 0.15) is 11.5 Å². The van der Waals surface area contributed by atoms with Gasteiger partial charge in [0, 0.05) is 11.1 Å². The van der Waals surface area contributed by atoms with E-state index < -0.39 is 6.10 Å². The Morgan fingerprint density at radius 3 is 2.90 bits per heavy atom. The Morgan fingerprint density at radius 2 is 2.10 bits per heavy atom. The highest BCUT2D eigenvalue weighted by atomic mass is 16.5. The summed E-state index contributed by atoms with van der Waals surface area (Å²) in [7, 11) is 0. The summed E-state index contributed by atoms with van der Waals surface area (Å²) in [6.45, 7) is 5.05. The van der Waals surface area contributed by atoms with Crippen molar-refractivity contribution in [2.75, 3.05) is 13.2 Å². The van der Waals surface area contributed by atoms with Gasteiger partial charge in [0.2, 0.25) is 0 Å². The van der Waals surface area contributed by atoms with Crippen molar-refractivity contribution in [1.29, 1.82) is 0 Å². The number of fused-ring (bicyclic) bond motifs is 1. The van der Waals surface area contributed by atoms with Crippen LogP contribution in [0.1, 0.15) is 35.6 Å². The minimum atomic E-state index is -0.630. The van der Waals surface area contributed by atoms with Crippen LogP contribution < -0.4 is 9.47 Å². The summed E-state index contributed by atoms with van der Waals surface area (Å²) in [6.07, 6.45) is -0.630. The Hall–Kier alpha value is -2.00. The number of rotatable bonds is 4. The number of aliphatic hydroxyl groups is 1. The lowest BCUT2D eigenvalue weighted by atomic mass is 9.90. The molecular formula is C18H20O3. The molecule has 1 heterocycles. The van der Waals surface area contributed by atoms with Crippen molar-refractivity contribution < 1.29 is 14.6 Å². The lowest BCUT2D eigenvalue weighted by molar-refractivity contribution is 0.126.